The van der Waals surface area contributed by atoms with E-state index >= 15 is 0 Å². The average Bonchev–Trinajstić information content (AvgIpc) is 2.63. The Bertz CT molecular complexity index is 884. The largest absolute Gasteiger partial charge is 0.508 e. The summed E-state index contributed by atoms with van der Waals surface area (Å²) < 4.78 is 0. The van der Waals surface area contributed by atoms with E-state index in [9.17, 15) is 5.11 Å². The minimum Gasteiger partial charge on any atom is -0.508 e. The fraction of sp³-hybridized carbons (Fsp3) is 0.167. The summed E-state index contributed by atoms with van der Waals surface area (Å²) in [5.41, 5.74) is 8.73. The Morgan fingerprint density at radius 3 is 1.96 bits per heavy atom. The van der Waals surface area contributed by atoms with Crippen LogP contribution in [0, 0.1) is 13.8 Å². The Kier molecular flexibility index (Phi) is 5.04. The van der Waals surface area contributed by atoms with E-state index in [1.807, 2.05) is 12.1 Å². The maximum absolute atomic E-state index is 9.64. The fourth-order valence-corrected chi connectivity index (χ4v) is 3.25. The average molecular weight is 328 g/mol. The Balaban J connectivity index is 2.30. The first kappa shape index (κ1) is 17.0. The van der Waals surface area contributed by atoms with Gasteiger partial charge in [0.1, 0.15) is 5.75 Å². The van der Waals surface area contributed by atoms with Gasteiger partial charge in [-0.15, -0.1) is 0 Å². The molecule has 0 saturated heterocycles. The van der Waals surface area contributed by atoms with E-state index in [0.29, 0.717) is 5.75 Å². The Labute approximate surface area is 150 Å². The number of phenols is 1. The topological polar surface area (TPSA) is 20.2 Å². The number of hydrogen-bond donors (Lipinski definition) is 1. The number of phenolic OH excluding ortho intramolecular Hbond substituents is 1. The van der Waals surface area contributed by atoms with Crippen molar-refractivity contribution in [2.45, 2.75) is 27.2 Å². The van der Waals surface area contributed by atoms with Crippen LogP contribution in [0.15, 0.2) is 72.8 Å². The first-order chi connectivity index (χ1) is 12.1. The zero-order valence-corrected chi connectivity index (χ0v) is 15.1. The minimum atomic E-state index is 0.298. The van der Waals surface area contributed by atoms with Gasteiger partial charge in [0.15, 0.2) is 0 Å². The predicted octanol–water partition coefficient (Wildman–Crippen LogP) is 6.38. The lowest BCUT2D eigenvalue weighted by molar-refractivity contribution is 0.475. The Morgan fingerprint density at radius 1 is 0.760 bits per heavy atom. The van der Waals surface area contributed by atoms with Crippen molar-refractivity contribution in [1.29, 1.82) is 0 Å². The van der Waals surface area contributed by atoms with Crippen LogP contribution in [0.1, 0.15) is 41.2 Å². The van der Waals surface area contributed by atoms with Crippen molar-refractivity contribution >= 4 is 11.1 Å². The lowest BCUT2D eigenvalue weighted by atomic mass is 9.86. The van der Waals surface area contributed by atoms with Crippen molar-refractivity contribution < 1.29 is 5.11 Å². The van der Waals surface area contributed by atoms with Crippen molar-refractivity contribution in [3.63, 3.8) is 0 Å². The van der Waals surface area contributed by atoms with Crippen LogP contribution in [0.25, 0.3) is 11.1 Å². The minimum absolute atomic E-state index is 0.298. The summed E-state index contributed by atoms with van der Waals surface area (Å²) in [5, 5.41) is 9.64. The normalized spacial score (nSPS) is 12.0. The van der Waals surface area contributed by atoms with E-state index in [0.717, 1.165) is 12.0 Å². The summed E-state index contributed by atoms with van der Waals surface area (Å²) >= 11 is 0. The van der Waals surface area contributed by atoms with Gasteiger partial charge in [-0.05, 0) is 65.8 Å². The van der Waals surface area contributed by atoms with E-state index < -0.39 is 0 Å². The molecule has 25 heavy (non-hydrogen) atoms. The van der Waals surface area contributed by atoms with E-state index in [2.05, 4.69) is 69.3 Å². The van der Waals surface area contributed by atoms with Crippen LogP contribution in [0.2, 0.25) is 0 Å². The van der Waals surface area contributed by atoms with Crippen LogP contribution < -0.4 is 0 Å². The highest BCUT2D eigenvalue weighted by Crippen LogP contribution is 2.36. The van der Waals surface area contributed by atoms with Crippen molar-refractivity contribution in [3.05, 3.63) is 101 Å². The predicted molar refractivity (Wildman–Crippen MR) is 107 cm³/mol. The third kappa shape index (κ3) is 3.66. The van der Waals surface area contributed by atoms with E-state index in [4.69, 9.17) is 0 Å². The van der Waals surface area contributed by atoms with Crippen LogP contribution in [0.3, 0.4) is 0 Å². The van der Waals surface area contributed by atoms with Gasteiger partial charge in [-0.1, -0.05) is 73.2 Å². The van der Waals surface area contributed by atoms with Gasteiger partial charge in [0.25, 0.3) is 0 Å². The lowest BCUT2D eigenvalue weighted by Gasteiger charge is -2.18. The molecule has 3 aromatic rings. The molecule has 0 atom stereocenters. The van der Waals surface area contributed by atoms with Crippen LogP contribution >= 0.6 is 0 Å². The van der Waals surface area contributed by atoms with Gasteiger partial charge in [-0.25, -0.2) is 0 Å². The zero-order chi connectivity index (χ0) is 17.8. The van der Waals surface area contributed by atoms with Crippen molar-refractivity contribution in [2.75, 3.05) is 0 Å². The van der Waals surface area contributed by atoms with Gasteiger partial charge in [0.05, 0.1) is 0 Å². The number of rotatable bonds is 4. The van der Waals surface area contributed by atoms with Crippen LogP contribution in [-0.4, -0.2) is 5.11 Å². The number of hydrogen-bond acceptors (Lipinski definition) is 1. The third-order valence-corrected chi connectivity index (χ3v) is 4.63. The highest BCUT2D eigenvalue weighted by atomic mass is 16.3. The van der Waals surface area contributed by atoms with Crippen molar-refractivity contribution in [2.24, 2.45) is 0 Å². The maximum atomic E-state index is 9.64. The summed E-state index contributed by atoms with van der Waals surface area (Å²) in [7, 11) is 0. The highest BCUT2D eigenvalue weighted by molar-refractivity contribution is 5.99. The van der Waals surface area contributed by atoms with Gasteiger partial charge in [0, 0.05) is 0 Å². The Hall–Kier alpha value is -2.80. The monoisotopic (exact) mass is 328 g/mol. The van der Waals surface area contributed by atoms with Gasteiger partial charge < -0.3 is 5.11 Å². The van der Waals surface area contributed by atoms with E-state index in [1.165, 1.54) is 33.4 Å². The van der Waals surface area contributed by atoms with Gasteiger partial charge in [-0.2, -0.15) is 0 Å². The molecule has 0 radical (unpaired) electrons. The molecule has 0 bridgehead atoms. The summed E-state index contributed by atoms with van der Waals surface area (Å²) in [4.78, 5) is 0. The molecule has 0 amide bonds. The molecule has 3 aromatic carbocycles. The van der Waals surface area contributed by atoms with Crippen molar-refractivity contribution in [3.8, 4) is 5.75 Å². The van der Waals surface area contributed by atoms with Gasteiger partial charge in [-0.3, -0.25) is 0 Å². The molecule has 126 valence electrons. The summed E-state index contributed by atoms with van der Waals surface area (Å²) in [6.07, 6.45) is 0.919. The number of allylic oxidation sites excluding steroid dienone is 1. The molecule has 0 spiro atoms. The Morgan fingerprint density at radius 2 is 1.36 bits per heavy atom. The molecule has 0 aliphatic carbocycles. The quantitative estimate of drug-likeness (QED) is 0.551. The van der Waals surface area contributed by atoms with Crippen molar-refractivity contribution in [1.82, 2.24) is 0 Å². The molecule has 0 saturated carbocycles. The SMILES string of the molecule is CC/C(=C(/c1ccc(C)cc1)c1ccccc1C)c1ccc(O)cc1. The summed E-state index contributed by atoms with van der Waals surface area (Å²) in [6, 6.07) is 24.8. The van der Waals surface area contributed by atoms with Crippen LogP contribution in [-0.2, 0) is 0 Å². The fourth-order valence-electron chi connectivity index (χ4n) is 3.25. The molecule has 3 rings (SSSR count). The van der Waals surface area contributed by atoms with Gasteiger partial charge >= 0.3 is 0 Å². The first-order valence-electron chi connectivity index (χ1n) is 8.75. The number of benzene rings is 3. The standard InChI is InChI=1S/C24H24O/c1-4-22(19-13-15-21(25)16-14-19)24(20-11-9-17(2)10-12-20)23-8-6-5-7-18(23)3/h5-16,25H,4H2,1-3H3/b24-22+. The van der Waals surface area contributed by atoms with Crippen LogP contribution in [0.5, 0.6) is 5.75 Å². The van der Waals surface area contributed by atoms with Gasteiger partial charge in [0.2, 0.25) is 0 Å². The summed E-state index contributed by atoms with van der Waals surface area (Å²) in [5.74, 6) is 0.298. The molecular weight excluding hydrogens is 304 g/mol. The summed E-state index contributed by atoms with van der Waals surface area (Å²) in [6.45, 7) is 6.46. The second-order valence-corrected chi connectivity index (χ2v) is 6.43. The molecule has 0 aliphatic heterocycles. The van der Waals surface area contributed by atoms with E-state index in [1.54, 1.807) is 12.1 Å². The second kappa shape index (κ2) is 7.40. The second-order valence-electron chi connectivity index (χ2n) is 6.43. The number of aryl methyl sites for hydroxylation is 2. The molecule has 1 N–H and O–H groups in total. The molecular formula is C24H24O. The van der Waals surface area contributed by atoms with Crippen LogP contribution in [0.4, 0.5) is 0 Å². The maximum Gasteiger partial charge on any atom is 0.115 e. The molecule has 0 heterocycles. The zero-order valence-electron chi connectivity index (χ0n) is 15.1. The molecule has 0 aliphatic rings. The third-order valence-electron chi connectivity index (χ3n) is 4.63. The first-order valence-corrected chi connectivity index (χ1v) is 8.75. The smallest absolute Gasteiger partial charge is 0.115 e. The molecule has 0 unspecified atom stereocenters. The number of aromatic hydroxyl groups is 1. The molecule has 0 fully saturated rings. The van der Waals surface area contributed by atoms with E-state index in [-0.39, 0.29) is 0 Å². The molecule has 0 aromatic heterocycles. The molecule has 1 heteroatoms. The lowest BCUT2D eigenvalue weighted by Crippen LogP contribution is -1.97. The molecule has 1 nitrogen and oxygen atoms in total. The highest BCUT2D eigenvalue weighted by Gasteiger charge is 2.14.